The van der Waals surface area contributed by atoms with Crippen LogP contribution < -0.4 is 5.32 Å². The molecule has 0 spiro atoms. The molecular formula is C19H18F2N2O2. The quantitative estimate of drug-likeness (QED) is 0.927. The van der Waals surface area contributed by atoms with Gasteiger partial charge in [-0.3, -0.25) is 9.59 Å². The third-order valence-corrected chi connectivity index (χ3v) is 4.37. The highest BCUT2D eigenvalue weighted by Gasteiger charge is 2.35. The first-order valence-corrected chi connectivity index (χ1v) is 8.10. The van der Waals surface area contributed by atoms with Gasteiger partial charge in [-0.25, -0.2) is 8.78 Å². The molecule has 2 aromatic rings. The molecule has 25 heavy (non-hydrogen) atoms. The van der Waals surface area contributed by atoms with E-state index in [4.69, 9.17) is 0 Å². The van der Waals surface area contributed by atoms with Crippen molar-refractivity contribution >= 4 is 11.8 Å². The van der Waals surface area contributed by atoms with Crippen molar-refractivity contribution in [3.63, 3.8) is 0 Å². The van der Waals surface area contributed by atoms with E-state index in [-0.39, 0.29) is 24.4 Å². The van der Waals surface area contributed by atoms with Crippen LogP contribution in [0.2, 0.25) is 0 Å². The topological polar surface area (TPSA) is 49.4 Å². The number of fused-ring (bicyclic) bond motifs is 1. The Labute approximate surface area is 144 Å². The smallest absolute Gasteiger partial charge is 0.247 e. The molecule has 1 heterocycles. The predicted octanol–water partition coefficient (Wildman–Crippen LogP) is 2.73. The van der Waals surface area contributed by atoms with Crippen molar-refractivity contribution in [3.8, 4) is 0 Å². The number of amides is 2. The number of carbonyl (C=O) groups is 2. The van der Waals surface area contributed by atoms with Crippen LogP contribution in [0, 0.1) is 11.6 Å². The van der Waals surface area contributed by atoms with Gasteiger partial charge in [-0.15, -0.1) is 0 Å². The summed E-state index contributed by atoms with van der Waals surface area (Å²) in [5.41, 5.74) is 1.64. The first-order chi connectivity index (χ1) is 12.0. The molecule has 2 aromatic carbocycles. The molecule has 1 aliphatic heterocycles. The van der Waals surface area contributed by atoms with Crippen molar-refractivity contribution in [2.24, 2.45) is 0 Å². The summed E-state index contributed by atoms with van der Waals surface area (Å²) < 4.78 is 27.0. The minimum Gasteiger partial charge on any atom is -0.350 e. The highest BCUT2D eigenvalue weighted by molar-refractivity contribution is 5.92. The van der Waals surface area contributed by atoms with Crippen LogP contribution in [-0.2, 0) is 22.6 Å². The van der Waals surface area contributed by atoms with E-state index in [1.165, 1.54) is 4.90 Å². The maximum atomic E-state index is 13.7. The summed E-state index contributed by atoms with van der Waals surface area (Å²) in [6.45, 7) is 2.05. The van der Waals surface area contributed by atoms with Gasteiger partial charge in [-0.2, -0.15) is 0 Å². The molecular weight excluding hydrogens is 326 g/mol. The zero-order valence-electron chi connectivity index (χ0n) is 13.8. The first-order valence-electron chi connectivity index (χ1n) is 8.10. The Morgan fingerprint density at radius 3 is 2.76 bits per heavy atom. The van der Waals surface area contributed by atoms with Crippen LogP contribution in [0.5, 0.6) is 0 Å². The maximum Gasteiger partial charge on any atom is 0.247 e. The second-order valence-corrected chi connectivity index (χ2v) is 5.91. The molecule has 0 saturated heterocycles. The van der Waals surface area contributed by atoms with Crippen LogP contribution in [0.15, 0.2) is 42.5 Å². The number of benzene rings is 2. The normalized spacial score (nSPS) is 16.5. The van der Waals surface area contributed by atoms with Crippen LogP contribution in [0.25, 0.3) is 0 Å². The summed E-state index contributed by atoms with van der Waals surface area (Å²) in [6, 6.07) is 9.61. The lowest BCUT2D eigenvalue weighted by Gasteiger charge is -2.35. The molecule has 6 heteroatoms. The van der Waals surface area contributed by atoms with Gasteiger partial charge in [0.25, 0.3) is 0 Å². The van der Waals surface area contributed by atoms with Crippen LogP contribution in [0.4, 0.5) is 8.78 Å². The molecule has 0 aromatic heterocycles. The van der Waals surface area contributed by atoms with Gasteiger partial charge < -0.3 is 10.2 Å². The number of nitrogens with zero attached hydrogens (tertiary/aromatic N) is 1. The minimum absolute atomic E-state index is 0.0619. The minimum atomic E-state index is -0.765. The number of hydrogen-bond acceptors (Lipinski definition) is 2. The van der Waals surface area contributed by atoms with E-state index in [9.17, 15) is 18.4 Å². The molecule has 1 atom stereocenters. The van der Waals surface area contributed by atoms with E-state index in [2.05, 4.69) is 5.32 Å². The number of carbonyl (C=O) groups excluding carboxylic acids is 2. The van der Waals surface area contributed by atoms with Crippen LogP contribution in [0.1, 0.15) is 29.7 Å². The van der Waals surface area contributed by atoms with Crippen molar-refractivity contribution < 1.29 is 18.4 Å². The Bertz CT molecular complexity index is 823. The summed E-state index contributed by atoms with van der Waals surface area (Å²) in [4.78, 5) is 26.5. The van der Waals surface area contributed by atoms with E-state index in [0.29, 0.717) is 6.54 Å². The molecule has 0 bridgehead atoms. The molecule has 1 unspecified atom stereocenters. The highest BCUT2D eigenvalue weighted by atomic mass is 19.1. The van der Waals surface area contributed by atoms with E-state index < -0.39 is 23.6 Å². The van der Waals surface area contributed by atoms with Crippen molar-refractivity contribution in [3.05, 3.63) is 70.8 Å². The average Bonchev–Trinajstić information content (AvgIpc) is 2.61. The number of hydrogen-bond donors (Lipinski definition) is 1. The van der Waals surface area contributed by atoms with Gasteiger partial charge in [0.1, 0.15) is 17.7 Å². The van der Waals surface area contributed by atoms with Gasteiger partial charge in [0.05, 0.1) is 6.42 Å². The molecule has 4 nitrogen and oxygen atoms in total. The van der Waals surface area contributed by atoms with E-state index >= 15 is 0 Å². The monoisotopic (exact) mass is 344 g/mol. The number of rotatable bonds is 4. The van der Waals surface area contributed by atoms with Crippen molar-refractivity contribution in [2.45, 2.75) is 25.9 Å². The molecule has 0 fully saturated rings. The van der Waals surface area contributed by atoms with Gasteiger partial charge in [-0.05, 0) is 36.2 Å². The molecule has 130 valence electrons. The first kappa shape index (κ1) is 17.1. The summed E-state index contributed by atoms with van der Waals surface area (Å²) in [6.07, 6.45) is 0.256. The fourth-order valence-corrected chi connectivity index (χ4v) is 3.14. The Hall–Kier alpha value is -2.76. The summed E-state index contributed by atoms with van der Waals surface area (Å²) >= 11 is 0. The molecule has 3 rings (SSSR count). The third kappa shape index (κ3) is 3.38. The van der Waals surface area contributed by atoms with Gasteiger partial charge in [0.2, 0.25) is 11.8 Å². The van der Waals surface area contributed by atoms with Gasteiger partial charge in [0.15, 0.2) is 0 Å². The van der Waals surface area contributed by atoms with Gasteiger partial charge in [0, 0.05) is 18.7 Å². The third-order valence-electron chi connectivity index (χ3n) is 4.37. The molecule has 0 saturated carbocycles. The molecule has 0 radical (unpaired) electrons. The zero-order valence-corrected chi connectivity index (χ0v) is 13.8. The Kier molecular flexibility index (Phi) is 4.79. The summed E-state index contributed by atoms with van der Waals surface area (Å²) in [5.74, 6) is -1.70. The van der Waals surface area contributed by atoms with Crippen LogP contribution in [0.3, 0.4) is 0 Å². The standard InChI is InChI=1S/C19H18F2N2O2/c1-2-23-17(24)10-12-5-3-4-6-15(12)18(23)19(25)22-11-13-9-14(20)7-8-16(13)21/h3-9,18H,2,10-11H2,1H3,(H,22,25). The molecule has 0 aliphatic carbocycles. The maximum absolute atomic E-state index is 13.7. The van der Waals surface area contributed by atoms with E-state index in [1.54, 1.807) is 6.92 Å². The highest BCUT2D eigenvalue weighted by Crippen LogP contribution is 2.30. The van der Waals surface area contributed by atoms with Crippen molar-refractivity contribution in [1.82, 2.24) is 10.2 Å². The second kappa shape index (κ2) is 7.01. The molecule has 2 amide bonds. The lowest BCUT2D eigenvalue weighted by Crippen LogP contribution is -2.47. The number of nitrogens with one attached hydrogen (secondary N) is 1. The SMILES string of the molecule is CCN1C(=O)Cc2ccccc2C1C(=O)NCc1cc(F)ccc1F. The van der Waals surface area contributed by atoms with Crippen LogP contribution >= 0.6 is 0 Å². The largest absolute Gasteiger partial charge is 0.350 e. The van der Waals surface area contributed by atoms with E-state index in [0.717, 1.165) is 29.3 Å². The summed E-state index contributed by atoms with van der Waals surface area (Å²) in [7, 11) is 0. The number of likely N-dealkylation sites (N-methyl/N-ethyl adjacent to an activating group) is 1. The molecule has 1 aliphatic rings. The lowest BCUT2D eigenvalue weighted by molar-refractivity contribution is -0.141. The Balaban J connectivity index is 1.84. The predicted molar refractivity (Wildman–Crippen MR) is 88.5 cm³/mol. The summed E-state index contributed by atoms with van der Waals surface area (Å²) in [5, 5.41) is 2.62. The van der Waals surface area contributed by atoms with Crippen molar-refractivity contribution in [2.75, 3.05) is 6.54 Å². The second-order valence-electron chi connectivity index (χ2n) is 5.91. The fourth-order valence-electron chi connectivity index (χ4n) is 3.14. The van der Waals surface area contributed by atoms with Crippen molar-refractivity contribution in [1.29, 1.82) is 0 Å². The molecule has 1 N–H and O–H groups in total. The van der Waals surface area contributed by atoms with Gasteiger partial charge in [-0.1, -0.05) is 24.3 Å². The fraction of sp³-hybridized carbons (Fsp3) is 0.263. The Morgan fingerprint density at radius 2 is 2.00 bits per heavy atom. The van der Waals surface area contributed by atoms with Crippen LogP contribution in [-0.4, -0.2) is 23.3 Å². The lowest BCUT2D eigenvalue weighted by atomic mass is 9.91. The zero-order chi connectivity index (χ0) is 18.0. The number of halogens is 2. The van der Waals surface area contributed by atoms with E-state index in [1.807, 2.05) is 24.3 Å². The average molecular weight is 344 g/mol. The van der Waals surface area contributed by atoms with Gasteiger partial charge >= 0.3 is 0 Å². The Morgan fingerprint density at radius 1 is 1.24 bits per heavy atom.